The number of carbonyl (C=O) groups is 2. The smallest absolute Gasteiger partial charge is 0.308 e. The quantitative estimate of drug-likeness (QED) is 0.826. The second-order valence-electron chi connectivity index (χ2n) is 5.15. The average molecular weight is 305 g/mol. The monoisotopic (exact) mass is 305 g/mol. The highest BCUT2D eigenvalue weighted by molar-refractivity contribution is 7.17. The Morgan fingerprint density at radius 2 is 2.10 bits per heavy atom. The van der Waals surface area contributed by atoms with Crippen molar-refractivity contribution < 1.29 is 14.7 Å². The van der Waals surface area contributed by atoms with Crippen LogP contribution in [0.25, 0.3) is 10.1 Å². The molecule has 0 fully saturated rings. The molecule has 1 aromatic heterocycles. The van der Waals surface area contributed by atoms with Crippen LogP contribution in [-0.4, -0.2) is 23.5 Å². The molecule has 21 heavy (non-hydrogen) atoms. The van der Waals surface area contributed by atoms with Crippen molar-refractivity contribution in [2.24, 2.45) is 5.92 Å². The van der Waals surface area contributed by atoms with E-state index in [0.29, 0.717) is 6.42 Å². The molecule has 1 heterocycles. The van der Waals surface area contributed by atoms with Gasteiger partial charge >= 0.3 is 5.97 Å². The maximum Gasteiger partial charge on any atom is 0.308 e. The molecule has 0 spiro atoms. The lowest BCUT2D eigenvalue weighted by atomic mass is 10.1. The summed E-state index contributed by atoms with van der Waals surface area (Å²) in [5, 5.41) is 14.8. The number of aryl methyl sites for hydroxylation is 1. The largest absolute Gasteiger partial charge is 0.481 e. The molecule has 112 valence electrons. The Bertz CT molecular complexity index is 635. The van der Waals surface area contributed by atoms with Gasteiger partial charge in [-0.2, -0.15) is 0 Å². The minimum Gasteiger partial charge on any atom is -0.481 e. The number of amides is 1. The van der Waals surface area contributed by atoms with Crippen molar-refractivity contribution >= 4 is 33.3 Å². The Morgan fingerprint density at radius 1 is 1.33 bits per heavy atom. The van der Waals surface area contributed by atoms with Crippen LogP contribution in [0.1, 0.15) is 25.3 Å². The SMILES string of the molecule is CC(CNC(=O)CCCc1csc2ccccc12)C(=O)O. The number of rotatable bonds is 7. The third kappa shape index (κ3) is 4.29. The summed E-state index contributed by atoms with van der Waals surface area (Å²) < 4.78 is 1.27. The lowest BCUT2D eigenvalue weighted by Gasteiger charge is -2.08. The van der Waals surface area contributed by atoms with Crippen molar-refractivity contribution in [3.8, 4) is 0 Å². The van der Waals surface area contributed by atoms with Gasteiger partial charge in [-0.3, -0.25) is 9.59 Å². The first-order valence-electron chi connectivity index (χ1n) is 7.02. The van der Waals surface area contributed by atoms with Crippen LogP contribution in [0.15, 0.2) is 29.6 Å². The van der Waals surface area contributed by atoms with Crippen LogP contribution < -0.4 is 5.32 Å². The number of carboxylic acids is 1. The van der Waals surface area contributed by atoms with Crippen LogP contribution in [0.4, 0.5) is 0 Å². The van der Waals surface area contributed by atoms with E-state index < -0.39 is 11.9 Å². The number of carbonyl (C=O) groups excluding carboxylic acids is 1. The van der Waals surface area contributed by atoms with E-state index in [1.54, 1.807) is 18.3 Å². The molecule has 2 rings (SSSR count). The molecule has 0 bridgehead atoms. The van der Waals surface area contributed by atoms with Gasteiger partial charge < -0.3 is 10.4 Å². The zero-order valence-electron chi connectivity index (χ0n) is 12.0. The van der Waals surface area contributed by atoms with Gasteiger partial charge in [0.2, 0.25) is 5.91 Å². The van der Waals surface area contributed by atoms with Gasteiger partial charge in [-0.15, -0.1) is 11.3 Å². The molecule has 0 saturated carbocycles. The summed E-state index contributed by atoms with van der Waals surface area (Å²) in [6.45, 7) is 1.77. The molecule has 4 nitrogen and oxygen atoms in total. The molecule has 1 aromatic carbocycles. The maximum atomic E-state index is 11.7. The van der Waals surface area contributed by atoms with Gasteiger partial charge in [0, 0.05) is 17.7 Å². The Hall–Kier alpha value is -1.88. The minimum atomic E-state index is -0.889. The second-order valence-corrected chi connectivity index (χ2v) is 6.07. The van der Waals surface area contributed by atoms with Gasteiger partial charge in [0.15, 0.2) is 0 Å². The van der Waals surface area contributed by atoms with Crippen molar-refractivity contribution in [2.45, 2.75) is 26.2 Å². The third-order valence-corrected chi connectivity index (χ3v) is 4.45. The predicted octanol–water partition coefficient (Wildman–Crippen LogP) is 3.06. The normalized spacial score (nSPS) is 12.2. The molecular weight excluding hydrogens is 286 g/mol. The van der Waals surface area contributed by atoms with Gasteiger partial charge in [0.25, 0.3) is 0 Å². The number of aliphatic carboxylic acids is 1. The molecule has 2 N–H and O–H groups in total. The fourth-order valence-electron chi connectivity index (χ4n) is 2.11. The molecule has 2 aromatic rings. The molecule has 1 unspecified atom stereocenters. The van der Waals surface area contributed by atoms with Crippen molar-refractivity contribution in [3.05, 3.63) is 35.2 Å². The molecule has 0 aliphatic heterocycles. The molecule has 0 aliphatic carbocycles. The predicted molar refractivity (Wildman–Crippen MR) is 84.6 cm³/mol. The van der Waals surface area contributed by atoms with E-state index in [1.807, 2.05) is 12.1 Å². The molecule has 0 radical (unpaired) electrons. The fraction of sp³-hybridized carbons (Fsp3) is 0.375. The summed E-state index contributed by atoms with van der Waals surface area (Å²) in [5.74, 6) is -1.52. The Labute approximate surface area is 127 Å². The highest BCUT2D eigenvalue weighted by Gasteiger charge is 2.12. The first-order chi connectivity index (χ1) is 10.1. The fourth-order valence-corrected chi connectivity index (χ4v) is 3.11. The van der Waals surface area contributed by atoms with Crippen LogP contribution in [0.3, 0.4) is 0 Å². The van der Waals surface area contributed by atoms with E-state index in [9.17, 15) is 9.59 Å². The van der Waals surface area contributed by atoms with E-state index in [-0.39, 0.29) is 12.5 Å². The zero-order chi connectivity index (χ0) is 15.2. The number of thiophene rings is 1. The zero-order valence-corrected chi connectivity index (χ0v) is 12.8. The van der Waals surface area contributed by atoms with Gasteiger partial charge in [0.05, 0.1) is 5.92 Å². The van der Waals surface area contributed by atoms with Crippen LogP contribution >= 0.6 is 11.3 Å². The van der Waals surface area contributed by atoms with Gasteiger partial charge in [-0.05, 0) is 35.2 Å². The average Bonchev–Trinajstić information content (AvgIpc) is 2.88. The van der Waals surface area contributed by atoms with E-state index >= 15 is 0 Å². The van der Waals surface area contributed by atoms with Crippen molar-refractivity contribution in [2.75, 3.05) is 6.54 Å². The number of hydrogen-bond acceptors (Lipinski definition) is 3. The summed E-state index contributed by atoms with van der Waals surface area (Å²) in [4.78, 5) is 22.3. The molecule has 0 saturated heterocycles. The van der Waals surface area contributed by atoms with Crippen molar-refractivity contribution in [1.29, 1.82) is 0 Å². The second kappa shape index (κ2) is 7.22. The summed E-state index contributed by atoms with van der Waals surface area (Å²) in [7, 11) is 0. The van der Waals surface area contributed by atoms with Crippen LogP contribution in [-0.2, 0) is 16.0 Å². The van der Waals surface area contributed by atoms with Crippen molar-refractivity contribution in [3.63, 3.8) is 0 Å². The first kappa shape index (κ1) is 15.5. The Kier molecular flexibility index (Phi) is 5.33. The highest BCUT2D eigenvalue weighted by atomic mass is 32.1. The maximum absolute atomic E-state index is 11.7. The Balaban J connectivity index is 1.76. The number of benzene rings is 1. The van der Waals surface area contributed by atoms with Gasteiger partial charge in [0.1, 0.15) is 0 Å². The van der Waals surface area contributed by atoms with Crippen molar-refractivity contribution in [1.82, 2.24) is 5.32 Å². The third-order valence-electron chi connectivity index (χ3n) is 3.44. The van der Waals surface area contributed by atoms with E-state index in [2.05, 4.69) is 22.8 Å². The number of fused-ring (bicyclic) bond motifs is 1. The van der Waals surface area contributed by atoms with Crippen LogP contribution in [0, 0.1) is 5.92 Å². The summed E-state index contributed by atoms with van der Waals surface area (Å²) in [6.07, 6.45) is 2.07. The number of carboxylic acid groups (broad SMARTS) is 1. The van der Waals surface area contributed by atoms with E-state index in [1.165, 1.54) is 15.6 Å². The first-order valence-corrected chi connectivity index (χ1v) is 7.90. The lowest BCUT2D eigenvalue weighted by molar-refractivity contribution is -0.141. The standard InChI is InChI=1S/C16H19NO3S/c1-11(16(19)20)9-17-15(18)8-4-5-12-10-21-14-7-3-2-6-13(12)14/h2-3,6-7,10-11H,4-5,8-9H2,1H3,(H,17,18)(H,19,20). The summed E-state index contributed by atoms with van der Waals surface area (Å²) in [6, 6.07) is 8.26. The summed E-state index contributed by atoms with van der Waals surface area (Å²) >= 11 is 1.72. The molecule has 1 atom stereocenters. The molecule has 5 heteroatoms. The Morgan fingerprint density at radius 3 is 2.86 bits per heavy atom. The molecule has 0 aliphatic rings. The number of hydrogen-bond donors (Lipinski definition) is 2. The van der Waals surface area contributed by atoms with Crippen LogP contribution in [0.5, 0.6) is 0 Å². The van der Waals surface area contributed by atoms with E-state index in [4.69, 9.17) is 5.11 Å². The molecule has 1 amide bonds. The highest BCUT2D eigenvalue weighted by Crippen LogP contribution is 2.26. The lowest BCUT2D eigenvalue weighted by Crippen LogP contribution is -2.31. The topological polar surface area (TPSA) is 66.4 Å². The van der Waals surface area contributed by atoms with Gasteiger partial charge in [-0.1, -0.05) is 25.1 Å². The minimum absolute atomic E-state index is 0.0809. The van der Waals surface area contributed by atoms with Crippen LogP contribution in [0.2, 0.25) is 0 Å². The molecular formula is C16H19NO3S. The summed E-state index contributed by atoms with van der Waals surface area (Å²) in [5.41, 5.74) is 1.28. The van der Waals surface area contributed by atoms with Gasteiger partial charge in [-0.25, -0.2) is 0 Å². The van der Waals surface area contributed by atoms with E-state index in [0.717, 1.165) is 12.8 Å². The number of nitrogens with one attached hydrogen (secondary N) is 1.